The molecule has 0 saturated carbocycles. The summed E-state index contributed by atoms with van der Waals surface area (Å²) >= 11 is 7.81. The lowest BCUT2D eigenvalue weighted by Crippen LogP contribution is -2.36. The van der Waals surface area contributed by atoms with Crippen molar-refractivity contribution < 1.29 is 0 Å². The molecule has 1 atom stereocenters. The predicted octanol–water partition coefficient (Wildman–Crippen LogP) is 5.53. The fourth-order valence-electron chi connectivity index (χ4n) is 2.56. The zero-order chi connectivity index (χ0) is 14.1. The van der Waals surface area contributed by atoms with Crippen LogP contribution in [0.4, 0.5) is 0 Å². The van der Waals surface area contributed by atoms with Gasteiger partial charge in [0.15, 0.2) is 0 Å². The minimum atomic E-state index is 0.402. The van der Waals surface area contributed by atoms with Crippen molar-refractivity contribution in [2.24, 2.45) is 5.41 Å². The SMILES string of the molecule is CCCCC(CC)(CNCCC)Cc1ccc(Cl)s1. The van der Waals surface area contributed by atoms with Gasteiger partial charge in [0.25, 0.3) is 0 Å². The summed E-state index contributed by atoms with van der Waals surface area (Å²) in [4.78, 5) is 1.43. The van der Waals surface area contributed by atoms with Crippen LogP contribution in [0.1, 0.15) is 57.8 Å². The van der Waals surface area contributed by atoms with Gasteiger partial charge in [-0.15, -0.1) is 11.3 Å². The van der Waals surface area contributed by atoms with E-state index in [0.717, 1.165) is 23.8 Å². The van der Waals surface area contributed by atoms with Gasteiger partial charge in [0.2, 0.25) is 0 Å². The van der Waals surface area contributed by atoms with Crippen molar-refractivity contribution >= 4 is 22.9 Å². The molecule has 0 aliphatic rings. The maximum atomic E-state index is 6.07. The van der Waals surface area contributed by atoms with Gasteiger partial charge in [-0.3, -0.25) is 0 Å². The van der Waals surface area contributed by atoms with Crippen LogP contribution in [0.25, 0.3) is 0 Å². The van der Waals surface area contributed by atoms with Crippen LogP contribution in [0.2, 0.25) is 4.34 Å². The Bertz CT molecular complexity index is 350. The second-order valence-electron chi connectivity index (χ2n) is 5.52. The number of hydrogen-bond acceptors (Lipinski definition) is 2. The van der Waals surface area contributed by atoms with Crippen LogP contribution in [0.15, 0.2) is 12.1 Å². The van der Waals surface area contributed by atoms with Crippen molar-refractivity contribution in [2.75, 3.05) is 13.1 Å². The topological polar surface area (TPSA) is 12.0 Å². The summed E-state index contributed by atoms with van der Waals surface area (Å²) in [5, 5.41) is 3.63. The number of rotatable bonds is 10. The lowest BCUT2D eigenvalue weighted by atomic mass is 9.76. The van der Waals surface area contributed by atoms with E-state index in [1.54, 1.807) is 11.3 Å². The molecule has 0 fully saturated rings. The first kappa shape index (κ1) is 17.0. The summed E-state index contributed by atoms with van der Waals surface area (Å²) < 4.78 is 0.914. The smallest absolute Gasteiger partial charge is 0.0931 e. The summed E-state index contributed by atoms with van der Waals surface area (Å²) in [6.07, 6.45) is 7.52. The lowest BCUT2D eigenvalue weighted by molar-refractivity contribution is 0.231. The van der Waals surface area contributed by atoms with E-state index in [0.29, 0.717) is 5.41 Å². The summed E-state index contributed by atoms with van der Waals surface area (Å²) in [5.41, 5.74) is 0.402. The first-order chi connectivity index (χ1) is 9.15. The van der Waals surface area contributed by atoms with Crippen LogP contribution < -0.4 is 5.32 Å². The van der Waals surface area contributed by atoms with Crippen LogP contribution in [-0.2, 0) is 6.42 Å². The molecule has 0 amide bonds. The molecule has 1 N–H and O–H groups in total. The van der Waals surface area contributed by atoms with E-state index in [2.05, 4.69) is 32.2 Å². The second kappa shape index (κ2) is 8.99. The molecule has 110 valence electrons. The van der Waals surface area contributed by atoms with Gasteiger partial charge in [0, 0.05) is 11.4 Å². The normalized spacial score (nSPS) is 14.5. The van der Waals surface area contributed by atoms with Gasteiger partial charge in [-0.05, 0) is 49.8 Å². The number of thiophene rings is 1. The minimum Gasteiger partial charge on any atom is -0.316 e. The molecular weight excluding hydrogens is 274 g/mol. The summed E-state index contributed by atoms with van der Waals surface area (Å²) in [6.45, 7) is 9.10. The molecular formula is C16H28ClNS. The van der Waals surface area contributed by atoms with Crippen LogP contribution in [0.5, 0.6) is 0 Å². The standard InChI is InChI=1S/C16H28ClNS/c1-4-7-10-16(6-3,13-18-11-5-2)12-14-8-9-15(17)19-14/h8-9,18H,4-7,10-13H2,1-3H3. The summed E-state index contributed by atoms with van der Waals surface area (Å²) in [5.74, 6) is 0. The average molecular weight is 302 g/mol. The molecule has 0 radical (unpaired) electrons. The molecule has 3 heteroatoms. The summed E-state index contributed by atoms with van der Waals surface area (Å²) in [6, 6.07) is 4.23. The Labute approximate surface area is 127 Å². The Morgan fingerprint density at radius 1 is 1.21 bits per heavy atom. The highest BCUT2D eigenvalue weighted by Gasteiger charge is 2.28. The van der Waals surface area contributed by atoms with Gasteiger partial charge in [-0.2, -0.15) is 0 Å². The second-order valence-corrected chi connectivity index (χ2v) is 7.32. The van der Waals surface area contributed by atoms with Gasteiger partial charge in [-0.1, -0.05) is 45.2 Å². The zero-order valence-corrected chi connectivity index (χ0v) is 14.2. The Morgan fingerprint density at radius 2 is 2.00 bits per heavy atom. The van der Waals surface area contributed by atoms with Crippen molar-refractivity contribution in [3.63, 3.8) is 0 Å². The molecule has 1 heterocycles. The summed E-state index contributed by atoms with van der Waals surface area (Å²) in [7, 11) is 0. The Balaban J connectivity index is 2.69. The fourth-order valence-corrected chi connectivity index (χ4v) is 3.83. The van der Waals surface area contributed by atoms with E-state index in [1.165, 1.54) is 37.0 Å². The van der Waals surface area contributed by atoms with Crippen LogP contribution in [0, 0.1) is 5.41 Å². The maximum absolute atomic E-state index is 6.07. The van der Waals surface area contributed by atoms with Gasteiger partial charge in [0.05, 0.1) is 4.34 Å². The average Bonchev–Trinajstić information content (AvgIpc) is 2.81. The van der Waals surface area contributed by atoms with E-state index in [-0.39, 0.29) is 0 Å². The van der Waals surface area contributed by atoms with Gasteiger partial charge >= 0.3 is 0 Å². The third kappa shape index (κ3) is 5.85. The van der Waals surface area contributed by atoms with Crippen LogP contribution in [0.3, 0.4) is 0 Å². The number of hydrogen-bond donors (Lipinski definition) is 1. The largest absolute Gasteiger partial charge is 0.316 e. The van der Waals surface area contributed by atoms with Crippen molar-refractivity contribution in [1.29, 1.82) is 0 Å². The molecule has 0 aromatic carbocycles. The Hall–Kier alpha value is -0.0500. The van der Waals surface area contributed by atoms with Crippen molar-refractivity contribution in [3.8, 4) is 0 Å². The third-order valence-corrected chi connectivity index (χ3v) is 5.15. The first-order valence-corrected chi connectivity index (χ1v) is 8.80. The van der Waals surface area contributed by atoms with E-state index in [4.69, 9.17) is 11.6 Å². The molecule has 1 nitrogen and oxygen atoms in total. The highest BCUT2D eigenvalue weighted by molar-refractivity contribution is 7.16. The molecule has 0 saturated heterocycles. The minimum absolute atomic E-state index is 0.402. The van der Waals surface area contributed by atoms with Crippen molar-refractivity contribution in [3.05, 3.63) is 21.3 Å². The first-order valence-electron chi connectivity index (χ1n) is 7.60. The molecule has 1 unspecified atom stereocenters. The monoisotopic (exact) mass is 301 g/mol. The number of nitrogens with one attached hydrogen (secondary N) is 1. The van der Waals surface area contributed by atoms with Gasteiger partial charge in [0.1, 0.15) is 0 Å². The molecule has 0 spiro atoms. The highest BCUT2D eigenvalue weighted by atomic mass is 35.5. The highest BCUT2D eigenvalue weighted by Crippen LogP contribution is 2.35. The molecule has 19 heavy (non-hydrogen) atoms. The number of unbranched alkanes of at least 4 members (excludes halogenated alkanes) is 1. The van der Waals surface area contributed by atoms with E-state index < -0.39 is 0 Å². The lowest BCUT2D eigenvalue weighted by Gasteiger charge is -2.33. The molecule has 0 aliphatic carbocycles. The zero-order valence-electron chi connectivity index (χ0n) is 12.6. The van der Waals surface area contributed by atoms with Crippen LogP contribution in [-0.4, -0.2) is 13.1 Å². The Kier molecular flexibility index (Phi) is 8.05. The molecule has 1 aromatic heterocycles. The quantitative estimate of drug-likeness (QED) is 0.560. The van der Waals surface area contributed by atoms with Crippen molar-refractivity contribution in [1.82, 2.24) is 5.32 Å². The van der Waals surface area contributed by atoms with E-state index >= 15 is 0 Å². The fraction of sp³-hybridized carbons (Fsp3) is 0.750. The Morgan fingerprint density at radius 3 is 2.53 bits per heavy atom. The van der Waals surface area contributed by atoms with E-state index in [9.17, 15) is 0 Å². The third-order valence-electron chi connectivity index (χ3n) is 3.92. The molecule has 0 bridgehead atoms. The molecule has 1 aromatic rings. The van der Waals surface area contributed by atoms with Gasteiger partial charge < -0.3 is 5.32 Å². The number of halogens is 1. The van der Waals surface area contributed by atoms with Crippen molar-refractivity contribution in [2.45, 2.75) is 59.3 Å². The van der Waals surface area contributed by atoms with Gasteiger partial charge in [-0.25, -0.2) is 0 Å². The molecule has 1 rings (SSSR count). The predicted molar refractivity (Wildman–Crippen MR) is 88.4 cm³/mol. The van der Waals surface area contributed by atoms with Crippen LogP contribution >= 0.6 is 22.9 Å². The molecule has 0 aliphatic heterocycles. The van der Waals surface area contributed by atoms with E-state index in [1.807, 2.05) is 6.07 Å². The maximum Gasteiger partial charge on any atom is 0.0931 e.